The van der Waals surface area contributed by atoms with Gasteiger partial charge in [0.15, 0.2) is 0 Å². The molecule has 0 aromatic rings. The normalized spacial score (nSPS) is 19.9. The summed E-state index contributed by atoms with van der Waals surface area (Å²) in [4.78, 5) is 0. The van der Waals surface area contributed by atoms with Crippen LogP contribution >= 0.6 is 38.4 Å². The van der Waals surface area contributed by atoms with E-state index in [1.807, 2.05) is 0 Å². The SMILES string of the molecule is CC[PH](CC)(CC)[Co]([I])([PH](CC)(CC)CC)[PH](CC)(CC)CC. The van der Waals surface area contributed by atoms with Gasteiger partial charge in [0.1, 0.15) is 0 Å². The molecule has 0 bridgehead atoms. The summed E-state index contributed by atoms with van der Waals surface area (Å²) >= 11 is 3.31. The maximum absolute atomic E-state index is 3.31. The van der Waals surface area contributed by atoms with E-state index >= 15 is 0 Å². The van der Waals surface area contributed by atoms with Crippen LogP contribution in [0.3, 0.4) is 0 Å². The molecule has 0 nitrogen and oxygen atoms in total. The fourth-order valence-corrected chi connectivity index (χ4v) is 121. The van der Waals surface area contributed by atoms with E-state index in [0.29, 0.717) is 0 Å². The van der Waals surface area contributed by atoms with Crippen molar-refractivity contribution in [3.63, 3.8) is 0 Å². The number of halogens is 1. The summed E-state index contributed by atoms with van der Waals surface area (Å²) in [6.45, 7) is 23.3. The second kappa shape index (κ2) is 10.8. The quantitative estimate of drug-likeness (QED) is 0.175. The van der Waals surface area contributed by atoms with Crippen LogP contribution in [0.1, 0.15) is 62.3 Å². The molecule has 0 saturated carbocycles. The molecule has 0 rings (SSSR count). The Balaban J connectivity index is 6.86. The fraction of sp³-hybridized carbons (Fsp3) is 1.00. The minimum atomic E-state index is -1.15. The van der Waals surface area contributed by atoms with Gasteiger partial charge in [-0.15, -0.1) is 0 Å². The molecule has 0 aliphatic rings. The molecule has 0 aliphatic heterocycles. The number of hydrogen-bond donors (Lipinski definition) is 0. The molecular formula is C18H48CoIP3. The molecule has 0 aliphatic carbocycles. The third-order valence-corrected chi connectivity index (χ3v) is 99.2. The Hall–Kier alpha value is 2.53. The van der Waals surface area contributed by atoms with Crippen molar-refractivity contribution in [2.24, 2.45) is 0 Å². The first kappa shape index (κ1) is 25.5. The van der Waals surface area contributed by atoms with Gasteiger partial charge in [-0.05, 0) is 0 Å². The summed E-state index contributed by atoms with van der Waals surface area (Å²) < 4.78 is 0. The summed E-state index contributed by atoms with van der Waals surface area (Å²) in [6, 6.07) is 0. The van der Waals surface area contributed by atoms with Gasteiger partial charge in [0.25, 0.3) is 0 Å². The zero-order valence-corrected chi connectivity index (χ0v) is 23.8. The molecule has 0 N–H and O–H groups in total. The fourth-order valence-electron chi connectivity index (χ4n) is 4.84. The van der Waals surface area contributed by atoms with E-state index in [-0.39, 0.29) is 0 Å². The summed E-state index contributed by atoms with van der Waals surface area (Å²) in [5, 5.41) is 0. The molecule has 0 radical (unpaired) electrons. The van der Waals surface area contributed by atoms with Crippen molar-refractivity contribution < 1.29 is 8.09 Å². The number of hydrogen-bond acceptors (Lipinski definition) is 0. The van der Waals surface area contributed by atoms with Crippen molar-refractivity contribution in [2.75, 3.05) is 55.5 Å². The van der Waals surface area contributed by atoms with Gasteiger partial charge in [0.05, 0.1) is 0 Å². The monoisotopic (exact) mass is 543 g/mol. The predicted molar refractivity (Wildman–Crippen MR) is 134 cm³/mol. The van der Waals surface area contributed by atoms with Crippen molar-refractivity contribution in [1.29, 1.82) is 0 Å². The second-order valence-electron chi connectivity index (χ2n) is 6.93. The molecule has 0 atom stereocenters. The van der Waals surface area contributed by atoms with Crippen LogP contribution in [-0.4, -0.2) is 55.5 Å². The second-order valence-corrected chi connectivity index (χ2v) is 54.4. The van der Waals surface area contributed by atoms with Gasteiger partial charge in [0, 0.05) is 0 Å². The van der Waals surface area contributed by atoms with E-state index < -0.39 is 26.1 Å². The van der Waals surface area contributed by atoms with Crippen LogP contribution in [0.5, 0.6) is 0 Å². The van der Waals surface area contributed by atoms with Gasteiger partial charge in [-0.3, -0.25) is 0 Å². The van der Waals surface area contributed by atoms with Crippen LogP contribution < -0.4 is 0 Å². The van der Waals surface area contributed by atoms with Gasteiger partial charge in [-0.2, -0.15) is 0 Å². The molecular weight excluding hydrogens is 495 g/mol. The van der Waals surface area contributed by atoms with Gasteiger partial charge >= 0.3 is 164 Å². The molecule has 151 valence electrons. The van der Waals surface area contributed by atoms with Crippen molar-refractivity contribution >= 4 is 38.4 Å². The third-order valence-electron chi connectivity index (χ3n) is 7.02. The Bertz CT molecular complexity index is 262. The molecule has 0 aromatic heterocycles. The van der Waals surface area contributed by atoms with Crippen LogP contribution in [0.25, 0.3) is 0 Å². The van der Waals surface area contributed by atoms with E-state index in [1.165, 1.54) is 0 Å². The molecule has 0 unspecified atom stereocenters. The predicted octanol–water partition coefficient (Wildman–Crippen LogP) is 7.66. The van der Waals surface area contributed by atoms with E-state index in [1.54, 1.807) is 55.5 Å². The molecule has 0 heterocycles. The van der Waals surface area contributed by atoms with Crippen LogP contribution in [0, 0.1) is 0 Å². The van der Waals surface area contributed by atoms with Crippen LogP contribution in [0.4, 0.5) is 0 Å². The molecule has 0 aromatic carbocycles. The minimum absolute atomic E-state index is 0.781. The van der Waals surface area contributed by atoms with Gasteiger partial charge in [-0.25, -0.2) is 0 Å². The number of rotatable bonds is 12. The zero-order chi connectivity index (χ0) is 18.4. The summed E-state index contributed by atoms with van der Waals surface area (Å²) in [5.41, 5.74) is 0. The average molecular weight is 543 g/mol. The van der Waals surface area contributed by atoms with Crippen LogP contribution in [0.15, 0.2) is 0 Å². The Morgan fingerprint density at radius 1 is 0.435 bits per heavy atom. The van der Waals surface area contributed by atoms with Crippen molar-refractivity contribution in [2.45, 2.75) is 62.3 Å². The Kier molecular flexibility index (Phi) is 11.9. The van der Waals surface area contributed by atoms with Crippen molar-refractivity contribution in [1.82, 2.24) is 0 Å². The van der Waals surface area contributed by atoms with Gasteiger partial charge in [-0.1, -0.05) is 0 Å². The molecule has 5 heteroatoms. The summed E-state index contributed by atoms with van der Waals surface area (Å²) in [6.07, 6.45) is 14.1. The van der Waals surface area contributed by atoms with Gasteiger partial charge < -0.3 is 0 Å². The van der Waals surface area contributed by atoms with Crippen molar-refractivity contribution in [3.8, 4) is 0 Å². The van der Waals surface area contributed by atoms with Gasteiger partial charge in [0.2, 0.25) is 0 Å². The standard InChI is InChI=1S/3C6H15P.Co.HI/c3*1-4-7(5-2)6-3;;/h3*4-6H2,1-3H3;;1H/q;;;-2;/p+2. The first-order valence-corrected chi connectivity index (χ1v) is 25.6. The maximum atomic E-state index is 3.31. The van der Waals surface area contributed by atoms with E-state index in [9.17, 15) is 0 Å². The summed E-state index contributed by atoms with van der Waals surface area (Å²) in [7, 11) is -0.781. The first-order valence-electron chi connectivity index (χ1n) is 10.2. The van der Waals surface area contributed by atoms with Crippen LogP contribution in [0.2, 0.25) is 0 Å². The Morgan fingerprint density at radius 3 is 0.652 bits per heavy atom. The zero-order valence-electron chi connectivity index (χ0n) is 17.6. The van der Waals surface area contributed by atoms with Crippen molar-refractivity contribution in [3.05, 3.63) is 0 Å². The summed E-state index contributed by atoms with van der Waals surface area (Å²) in [5.74, 6) is -3.44. The first-order chi connectivity index (χ1) is 10.8. The van der Waals surface area contributed by atoms with E-state index in [2.05, 4.69) is 82.7 Å². The topological polar surface area (TPSA) is 0 Å². The molecule has 0 saturated heterocycles. The Morgan fingerprint density at radius 2 is 0.565 bits per heavy atom. The van der Waals surface area contributed by atoms with E-state index in [0.717, 1.165) is 0 Å². The van der Waals surface area contributed by atoms with E-state index in [4.69, 9.17) is 0 Å². The van der Waals surface area contributed by atoms with Crippen LogP contribution in [-0.2, 0) is 8.09 Å². The molecule has 0 spiro atoms. The Labute approximate surface area is 163 Å². The molecule has 23 heavy (non-hydrogen) atoms. The molecule has 0 fully saturated rings. The average Bonchev–Trinajstić information content (AvgIpc) is 2.61. The molecule has 0 amide bonds. The third kappa shape index (κ3) is 3.90.